The Morgan fingerprint density at radius 1 is 1.00 bits per heavy atom. The first-order valence-electron chi connectivity index (χ1n) is 12.2. The molecule has 182 valence electrons. The minimum Gasteiger partial charge on any atom is -0.466 e. The van der Waals surface area contributed by atoms with Crippen LogP contribution in [0, 0.1) is 17.3 Å². The van der Waals surface area contributed by atoms with E-state index in [0.717, 1.165) is 25.7 Å². The van der Waals surface area contributed by atoms with Gasteiger partial charge in [-0.1, -0.05) is 19.8 Å². The summed E-state index contributed by atoms with van der Waals surface area (Å²) in [7, 11) is 0. The van der Waals surface area contributed by atoms with E-state index in [0.29, 0.717) is 32.3 Å². The van der Waals surface area contributed by atoms with Crippen LogP contribution in [0.1, 0.15) is 98.8 Å². The number of carbonyl (C=O) groups is 4. The average Bonchev–Trinajstić information content (AvgIpc) is 3.21. The summed E-state index contributed by atoms with van der Waals surface area (Å²) in [5.41, 5.74) is -1.41. The predicted octanol–water partition coefficient (Wildman–Crippen LogP) is 4.11. The molecule has 0 bridgehead atoms. The maximum absolute atomic E-state index is 13.4. The van der Waals surface area contributed by atoms with Crippen LogP contribution in [0.3, 0.4) is 0 Å². The number of carbonyl (C=O) groups excluding carboxylic acids is 4. The number of ether oxygens (including phenoxy) is 2. The van der Waals surface area contributed by atoms with Crippen molar-refractivity contribution in [3.63, 3.8) is 0 Å². The highest BCUT2D eigenvalue weighted by atomic mass is 16.6. The molecule has 1 N–H and O–H groups in total. The predicted molar refractivity (Wildman–Crippen MR) is 121 cm³/mol. The number of Topliss-reactive ketones (excluding diaryl/α,β-unsaturated/α-hetero) is 1. The lowest BCUT2D eigenvalue weighted by molar-refractivity contribution is -0.164. The van der Waals surface area contributed by atoms with Gasteiger partial charge in [0.15, 0.2) is 0 Å². The van der Waals surface area contributed by atoms with Gasteiger partial charge in [0.1, 0.15) is 17.3 Å². The van der Waals surface area contributed by atoms with Crippen LogP contribution in [0.5, 0.6) is 0 Å². The molecule has 2 rings (SSSR count). The van der Waals surface area contributed by atoms with Crippen molar-refractivity contribution < 1.29 is 28.7 Å². The fourth-order valence-electron chi connectivity index (χ4n) is 4.99. The van der Waals surface area contributed by atoms with Crippen molar-refractivity contribution in [3.05, 3.63) is 0 Å². The maximum atomic E-state index is 13.4. The van der Waals surface area contributed by atoms with E-state index < -0.39 is 22.9 Å². The third-order valence-corrected chi connectivity index (χ3v) is 6.75. The van der Waals surface area contributed by atoms with Gasteiger partial charge in [-0.3, -0.25) is 19.2 Å². The molecule has 0 aromatic carbocycles. The van der Waals surface area contributed by atoms with Crippen molar-refractivity contribution >= 4 is 23.6 Å². The van der Waals surface area contributed by atoms with Crippen LogP contribution in [-0.2, 0) is 28.7 Å². The summed E-state index contributed by atoms with van der Waals surface area (Å²) in [6.45, 7) is 9.27. The molecule has 0 aliphatic heterocycles. The van der Waals surface area contributed by atoms with E-state index in [1.807, 2.05) is 0 Å². The van der Waals surface area contributed by atoms with Crippen molar-refractivity contribution in [2.24, 2.45) is 17.3 Å². The van der Waals surface area contributed by atoms with Crippen LogP contribution in [0.15, 0.2) is 0 Å². The van der Waals surface area contributed by atoms with Crippen LogP contribution in [0.4, 0.5) is 0 Å². The molecular weight excluding hydrogens is 410 g/mol. The van der Waals surface area contributed by atoms with E-state index in [1.54, 1.807) is 34.6 Å². The molecule has 2 fully saturated rings. The van der Waals surface area contributed by atoms with Gasteiger partial charge >= 0.3 is 11.9 Å². The average molecular weight is 452 g/mol. The Bertz CT molecular complexity index is 681. The molecule has 7 nitrogen and oxygen atoms in total. The maximum Gasteiger partial charge on any atom is 0.317 e. The van der Waals surface area contributed by atoms with Gasteiger partial charge in [-0.15, -0.1) is 0 Å². The molecule has 2 aliphatic rings. The smallest absolute Gasteiger partial charge is 0.317 e. The van der Waals surface area contributed by atoms with E-state index in [1.165, 1.54) is 0 Å². The van der Waals surface area contributed by atoms with Crippen molar-refractivity contribution in [1.29, 1.82) is 0 Å². The summed E-state index contributed by atoms with van der Waals surface area (Å²) in [6.07, 6.45) is 6.47. The lowest BCUT2D eigenvalue weighted by atomic mass is 9.74. The number of ketones is 1. The van der Waals surface area contributed by atoms with Gasteiger partial charge in [0.05, 0.1) is 17.9 Å². The minimum atomic E-state index is -0.914. The fraction of sp³-hybridized carbons (Fsp3) is 0.840. The second-order valence-electron chi connectivity index (χ2n) is 10.4. The Kier molecular flexibility index (Phi) is 9.28. The number of rotatable bonds is 9. The van der Waals surface area contributed by atoms with E-state index in [4.69, 9.17) is 9.47 Å². The Morgan fingerprint density at radius 3 is 2.09 bits per heavy atom. The quantitative estimate of drug-likeness (QED) is 0.418. The summed E-state index contributed by atoms with van der Waals surface area (Å²) in [4.78, 5) is 50.9. The molecule has 7 heteroatoms. The normalized spacial score (nSPS) is 23.8. The highest BCUT2D eigenvalue weighted by Crippen LogP contribution is 2.44. The topological polar surface area (TPSA) is 98.8 Å². The van der Waals surface area contributed by atoms with Crippen molar-refractivity contribution in [2.45, 2.75) is 110 Å². The summed E-state index contributed by atoms with van der Waals surface area (Å²) in [5.74, 6) is -1.92. The first-order valence-corrected chi connectivity index (χ1v) is 12.2. The van der Waals surface area contributed by atoms with Gasteiger partial charge in [0.25, 0.3) is 0 Å². The van der Waals surface area contributed by atoms with Crippen molar-refractivity contribution in [3.8, 4) is 0 Å². The standard InChI is InChI=1S/C25H41NO6/c1-6-20(27)19(22(29)32-24(3,4)5)16-25(14-8-9-15-25)23(30)26-18-12-10-17(11-13-18)21(28)31-7-2/h17-19H,6-16H2,1-5H3,(H,26,30)/t17-,18+,19?. The highest BCUT2D eigenvalue weighted by molar-refractivity contribution is 5.99. The summed E-state index contributed by atoms with van der Waals surface area (Å²) in [6, 6.07) is 0.00695. The van der Waals surface area contributed by atoms with Gasteiger partial charge in [-0.05, 0) is 72.6 Å². The van der Waals surface area contributed by atoms with Crippen LogP contribution in [0.25, 0.3) is 0 Å². The number of nitrogens with one attached hydrogen (secondary N) is 1. The first-order chi connectivity index (χ1) is 15.0. The largest absolute Gasteiger partial charge is 0.466 e. The Labute approximate surface area is 192 Å². The SMILES string of the molecule is CCOC(=O)[C@H]1CC[C@@H](NC(=O)C2(CC(C(=O)CC)C(=O)OC(C)(C)C)CCCC2)CC1. The monoisotopic (exact) mass is 451 g/mol. The van der Waals surface area contributed by atoms with Gasteiger partial charge in [0.2, 0.25) is 5.91 Å². The number of amides is 1. The molecule has 0 saturated heterocycles. The van der Waals surface area contributed by atoms with E-state index in [9.17, 15) is 19.2 Å². The summed E-state index contributed by atoms with van der Waals surface area (Å²) < 4.78 is 10.7. The molecule has 0 spiro atoms. The van der Waals surface area contributed by atoms with E-state index in [-0.39, 0.29) is 42.5 Å². The molecular formula is C25H41NO6. The number of hydrogen-bond donors (Lipinski definition) is 1. The third-order valence-electron chi connectivity index (χ3n) is 6.75. The molecule has 1 unspecified atom stereocenters. The minimum absolute atomic E-state index is 0.00695. The summed E-state index contributed by atoms with van der Waals surface area (Å²) in [5, 5.41) is 3.19. The van der Waals surface area contributed by atoms with E-state index >= 15 is 0 Å². The van der Waals surface area contributed by atoms with Crippen LogP contribution >= 0.6 is 0 Å². The molecule has 0 aromatic rings. The first kappa shape index (κ1) is 26.3. The second kappa shape index (κ2) is 11.3. The lowest BCUT2D eigenvalue weighted by Gasteiger charge is -2.35. The lowest BCUT2D eigenvalue weighted by Crippen LogP contribution is -2.48. The number of hydrogen-bond acceptors (Lipinski definition) is 6. The Morgan fingerprint density at radius 2 is 1.59 bits per heavy atom. The Balaban J connectivity index is 2.06. The fourth-order valence-corrected chi connectivity index (χ4v) is 4.99. The Hall–Kier alpha value is -1.92. The molecule has 32 heavy (non-hydrogen) atoms. The van der Waals surface area contributed by atoms with Crippen LogP contribution in [0.2, 0.25) is 0 Å². The van der Waals surface area contributed by atoms with Gasteiger partial charge < -0.3 is 14.8 Å². The molecule has 1 amide bonds. The number of esters is 2. The zero-order valence-corrected chi connectivity index (χ0v) is 20.5. The van der Waals surface area contributed by atoms with E-state index in [2.05, 4.69) is 5.32 Å². The molecule has 2 aliphatic carbocycles. The van der Waals surface area contributed by atoms with Crippen molar-refractivity contribution in [2.75, 3.05) is 6.61 Å². The van der Waals surface area contributed by atoms with Gasteiger partial charge in [-0.25, -0.2) is 0 Å². The van der Waals surface area contributed by atoms with Gasteiger partial charge in [0, 0.05) is 12.5 Å². The van der Waals surface area contributed by atoms with Crippen LogP contribution < -0.4 is 5.32 Å². The van der Waals surface area contributed by atoms with Crippen LogP contribution in [-0.4, -0.2) is 41.9 Å². The zero-order chi connectivity index (χ0) is 23.9. The molecule has 1 atom stereocenters. The highest BCUT2D eigenvalue weighted by Gasteiger charge is 2.47. The molecule has 0 aromatic heterocycles. The third kappa shape index (κ3) is 7.04. The van der Waals surface area contributed by atoms with Gasteiger partial charge in [-0.2, -0.15) is 0 Å². The summed E-state index contributed by atoms with van der Waals surface area (Å²) >= 11 is 0. The zero-order valence-electron chi connectivity index (χ0n) is 20.5. The second-order valence-corrected chi connectivity index (χ2v) is 10.4. The molecule has 0 radical (unpaired) electrons. The molecule has 0 heterocycles. The van der Waals surface area contributed by atoms with Crippen molar-refractivity contribution in [1.82, 2.24) is 5.32 Å². The molecule has 2 saturated carbocycles.